The van der Waals surface area contributed by atoms with Crippen LogP contribution >= 0.6 is 11.8 Å². The zero-order chi connectivity index (χ0) is 25.5. The van der Waals surface area contributed by atoms with E-state index in [2.05, 4.69) is 15.2 Å². The van der Waals surface area contributed by atoms with Crippen LogP contribution in [0.1, 0.15) is 11.1 Å². The zero-order valence-corrected chi connectivity index (χ0v) is 20.8. The minimum atomic E-state index is -0.407. The summed E-state index contributed by atoms with van der Waals surface area (Å²) in [4.78, 5) is 19.5. The minimum Gasteiger partial charge on any atom is -0.333 e. The fraction of sp³-hybridized carbons (Fsp3) is 0.103. The molecule has 5 aromatic rings. The van der Waals surface area contributed by atoms with Crippen LogP contribution in [0.25, 0.3) is 17.1 Å². The molecule has 0 saturated carbocycles. The zero-order valence-electron chi connectivity index (χ0n) is 19.9. The second-order valence-corrected chi connectivity index (χ2v) is 9.29. The predicted octanol–water partition coefficient (Wildman–Crippen LogP) is 5.79. The maximum absolute atomic E-state index is 14.9. The van der Waals surface area contributed by atoms with Gasteiger partial charge < -0.3 is 4.90 Å². The van der Waals surface area contributed by atoms with Crippen molar-refractivity contribution in [1.82, 2.24) is 24.6 Å². The lowest BCUT2D eigenvalue weighted by molar-refractivity contribution is -0.129. The number of aromatic nitrogens is 4. The number of pyridine rings is 1. The van der Waals surface area contributed by atoms with Crippen LogP contribution in [0.2, 0.25) is 0 Å². The maximum atomic E-state index is 14.9. The van der Waals surface area contributed by atoms with Crippen LogP contribution in [0.3, 0.4) is 0 Å². The van der Waals surface area contributed by atoms with Crippen molar-refractivity contribution in [2.24, 2.45) is 0 Å². The second-order valence-electron chi connectivity index (χ2n) is 8.34. The molecule has 8 heteroatoms. The molecule has 0 radical (unpaired) electrons. The van der Waals surface area contributed by atoms with Gasteiger partial charge in [-0.2, -0.15) is 0 Å². The van der Waals surface area contributed by atoms with Gasteiger partial charge in [0.15, 0.2) is 11.0 Å². The van der Waals surface area contributed by atoms with Gasteiger partial charge in [0.25, 0.3) is 0 Å². The standard InChI is InChI=1S/C29H24FN5OS/c30-25-15-7-8-16-26(25)35-28(24-14-9-17-31-18-24)32-33-29(35)37-21-27(36)34(19-22-10-3-1-4-11-22)20-23-12-5-2-6-13-23/h1-18H,19-21H2. The third kappa shape index (κ3) is 5.92. The van der Waals surface area contributed by atoms with Crippen molar-refractivity contribution >= 4 is 17.7 Å². The molecule has 2 aromatic heterocycles. The number of benzene rings is 3. The number of hydrogen-bond acceptors (Lipinski definition) is 5. The molecule has 0 saturated heterocycles. The topological polar surface area (TPSA) is 63.9 Å². The summed E-state index contributed by atoms with van der Waals surface area (Å²) in [5.41, 5.74) is 3.10. The van der Waals surface area contributed by atoms with Gasteiger partial charge in [0.05, 0.1) is 11.4 Å². The molecule has 0 aliphatic heterocycles. The molecule has 1 amide bonds. The maximum Gasteiger partial charge on any atom is 0.233 e. The minimum absolute atomic E-state index is 0.0521. The number of para-hydroxylation sites is 1. The van der Waals surface area contributed by atoms with Gasteiger partial charge in [-0.1, -0.05) is 84.6 Å². The van der Waals surface area contributed by atoms with Crippen LogP contribution < -0.4 is 0 Å². The third-order valence-corrected chi connectivity index (χ3v) is 6.67. The van der Waals surface area contributed by atoms with Gasteiger partial charge in [0, 0.05) is 31.0 Å². The normalized spacial score (nSPS) is 10.8. The molecular formula is C29H24FN5OS. The van der Waals surface area contributed by atoms with Gasteiger partial charge in [0.2, 0.25) is 5.91 Å². The highest BCUT2D eigenvalue weighted by Crippen LogP contribution is 2.29. The van der Waals surface area contributed by atoms with Gasteiger partial charge in [-0.25, -0.2) is 4.39 Å². The average Bonchev–Trinajstić information content (AvgIpc) is 3.37. The van der Waals surface area contributed by atoms with Crippen molar-refractivity contribution < 1.29 is 9.18 Å². The van der Waals surface area contributed by atoms with E-state index in [1.165, 1.54) is 17.8 Å². The molecule has 0 bridgehead atoms. The summed E-state index contributed by atoms with van der Waals surface area (Å²) in [6.45, 7) is 0.964. The Labute approximate surface area is 218 Å². The first-order valence-electron chi connectivity index (χ1n) is 11.8. The monoisotopic (exact) mass is 509 g/mol. The molecule has 0 N–H and O–H groups in total. The van der Waals surface area contributed by atoms with Crippen molar-refractivity contribution in [1.29, 1.82) is 0 Å². The van der Waals surface area contributed by atoms with Crippen LogP contribution in [0.5, 0.6) is 0 Å². The average molecular weight is 510 g/mol. The van der Waals surface area contributed by atoms with Gasteiger partial charge in [-0.15, -0.1) is 10.2 Å². The summed E-state index contributed by atoms with van der Waals surface area (Å²) >= 11 is 1.23. The first kappa shape index (κ1) is 24.4. The van der Waals surface area contributed by atoms with E-state index in [0.717, 1.165) is 11.1 Å². The number of carbonyl (C=O) groups is 1. The third-order valence-electron chi connectivity index (χ3n) is 5.76. The van der Waals surface area contributed by atoms with Crippen molar-refractivity contribution in [3.8, 4) is 17.1 Å². The highest BCUT2D eigenvalue weighted by molar-refractivity contribution is 7.99. The van der Waals surface area contributed by atoms with Gasteiger partial charge in [-0.05, 0) is 35.4 Å². The number of nitrogens with zero attached hydrogens (tertiary/aromatic N) is 5. The summed E-state index contributed by atoms with van der Waals surface area (Å²) in [6, 6.07) is 29.9. The molecule has 0 atom stereocenters. The van der Waals surface area contributed by atoms with E-state index in [1.807, 2.05) is 71.6 Å². The summed E-state index contributed by atoms with van der Waals surface area (Å²) in [5.74, 6) is 0.122. The number of halogens is 1. The molecule has 0 aliphatic carbocycles. The quantitative estimate of drug-likeness (QED) is 0.235. The molecule has 184 valence electrons. The fourth-order valence-corrected chi connectivity index (χ4v) is 4.80. The van der Waals surface area contributed by atoms with Crippen molar-refractivity contribution in [3.63, 3.8) is 0 Å². The van der Waals surface area contributed by atoms with E-state index in [9.17, 15) is 9.18 Å². The lowest BCUT2D eigenvalue weighted by atomic mass is 10.1. The predicted molar refractivity (Wildman–Crippen MR) is 142 cm³/mol. The summed E-state index contributed by atoms with van der Waals surface area (Å²) in [7, 11) is 0. The smallest absolute Gasteiger partial charge is 0.233 e. The molecule has 0 unspecified atom stereocenters. The molecule has 5 rings (SSSR count). The van der Waals surface area contributed by atoms with E-state index in [1.54, 1.807) is 41.2 Å². The Morgan fingerprint density at radius 2 is 1.46 bits per heavy atom. The molecular weight excluding hydrogens is 485 g/mol. The van der Waals surface area contributed by atoms with Crippen molar-refractivity contribution in [2.75, 3.05) is 5.75 Å². The summed E-state index contributed by atoms with van der Waals surface area (Å²) < 4.78 is 16.5. The molecule has 0 fully saturated rings. The molecule has 2 heterocycles. The number of carbonyl (C=O) groups excluding carboxylic acids is 1. The van der Waals surface area contributed by atoms with E-state index in [4.69, 9.17) is 0 Å². The lowest BCUT2D eigenvalue weighted by Gasteiger charge is -2.23. The number of thioether (sulfide) groups is 1. The number of rotatable bonds is 9. The lowest BCUT2D eigenvalue weighted by Crippen LogP contribution is -2.31. The van der Waals surface area contributed by atoms with Crippen LogP contribution in [0.4, 0.5) is 4.39 Å². The van der Waals surface area contributed by atoms with E-state index >= 15 is 0 Å². The Bertz CT molecular complexity index is 1420. The van der Waals surface area contributed by atoms with Gasteiger partial charge in [-0.3, -0.25) is 14.3 Å². The first-order chi connectivity index (χ1) is 18.2. The van der Waals surface area contributed by atoms with Crippen LogP contribution in [0, 0.1) is 5.82 Å². The van der Waals surface area contributed by atoms with E-state index in [0.29, 0.717) is 35.3 Å². The molecule has 0 aliphatic rings. The second kappa shape index (κ2) is 11.6. The Morgan fingerprint density at radius 3 is 2.08 bits per heavy atom. The first-order valence-corrected chi connectivity index (χ1v) is 12.8. The Balaban J connectivity index is 1.42. The fourth-order valence-electron chi connectivity index (χ4n) is 3.95. The largest absolute Gasteiger partial charge is 0.333 e. The molecule has 37 heavy (non-hydrogen) atoms. The van der Waals surface area contributed by atoms with Crippen LogP contribution in [-0.4, -0.2) is 36.3 Å². The van der Waals surface area contributed by atoms with Crippen LogP contribution in [0.15, 0.2) is 115 Å². The summed E-state index contributed by atoms with van der Waals surface area (Å²) in [6.07, 6.45) is 3.32. The number of hydrogen-bond donors (Lipinski definition) is 0. The van der Waals surface area contributed by atoms with E-state index in [-0.39, 0.29) is 11.7 Å². The Morgan fingerprint density at radius 1 is 0.811 bits per heavy atom. The summed E-state index contributed by atoms with van der Waals surface area (Å²) in [5, 5.41) is 9.07. The van der Waals surface area contributed by atoms with Crippen molar-refractivity contribution in [3.05, 3.63) is 126 Å². The Hall–Kier alpha value is -4.30. The number of amides is 1. The molecule has 6 nitrogen and oxygen atoms in total. The molecule has 0 spiro atoms. The van der Waals surface area contributed by atoms with Gasteiger partial charge in [0.1, 0.15) is 5.82 Å². The van der Waals surface area contributed by atoms with E-state index < -0.39 is 5.82 Å². The SMILES string of the molecule is O=C(CSc1nnc(-c2cccnc2)n1-c1ccccc1F)N(Cc1ccccc1)Cc1ccccc1. The van der Waals surface area contributed by atoms with Crippen molar-refractivity contribution in [2.45, 2.75) is 18.2 Å². The highest BCUT2D eigenvalue weighted by Gasteiger charge is 2.21. The highest BCUT2D eigenvalue weighted by atomic mass is 32.2. The Kier molecular flexibility index (Phi) is 7.66. The molecule has 3 aromatic carbocycles. The van der Waals surface area contributed by atoms with Crippen LogP contribution in [-0.2, 0) is 17.9 Å². The van der Waals surface area contributed by atoms with Gasteiger partial charge >= 0.3 is 0 Å².